The first-order valence-electron chi connectivity index (χ1n) is 9.42. The Morgan fingerprint density at radius 2 is 2.04 bits per heavy atom. The minimum Gasteiger partial charge on any atom is -0.371 e. The van der Waals surface area contributed by atoms with Crippen LogP contribution in [0.3, 0.4) is 0 Å². The summed E-state index contributed by atoms with van der Waals surface area (Å²) in [5.74, 6) is -0.132. The molecule has 1 spiro atoms. The number of hydrogen-bond acceptors (Lipinski definition) is 5. The number of ether oxygens (including phenoxy) is 1. The molecular weight excluding hydrogens is 362 g/mol. The van der Waals surface area contributed by atoms with Crippen molar-refractivity contribution < 1.29 is 14.3 Å². The minimum absolute atomic E-state index is 0.0801. The second-order valence-electron chi connectivity index (χ2n) is 7.33. The summed E-state index contributed by atoms with van der Waals surface area (Å²) in [5.41, 5.74) is 0.326. The van der Waals surface area contributed by atoms with E-state index in [0.717, 1.165) is 5.56 Å². The molecule has 0 atom stereocenters. The maximum atomic E-state index is 12.6. The third-order valence-electron chi connectivity index (χ3n) is 5.47. The first kappa shape index (κ1) is 18.4. The van der Waals surface area contributed by atoms with Gasteiger partial charge in [-0.1, -0.05) is 6.07 Å². The number of carbonyl (C=O) groups is 2. The van der Waals surface area contributed by atoms with Gasteiger partial charge in [-0.25, -0.2) is 4.79 Å². The number of carbonyl (C=O) groups excluding carboxylic acids is 2. The number of imidazole rings is 1. The Bertz CT molecular complexity index is 898. The van der Waals surface area contributed by atoms with Crippen LogP contribution in [0.4, 0.5) is 0 Å². The van der Waals surface area contributed by atoms with Gasteiger partial charge in [0.15, 0.2) is 0 Å². The lowest BCUT2D eigenvalue weighted by molar-refractivity contribution is -0.146. The van der Waals surface area contributed by atoms with Gasteiger partial charge in [-0.05, 0) is 24.5 Å². The fourth-order valence-corrected chi connectivity index (χ4v) is 3.89. The molecule has 2 N–H and O–H groups in total. The van der Waals surface area contributed by atoms with Crippen LogP contribution in [0.25, 0.3) is 0 Å². The summed E-state index contributed by atoms with van der Waals surface area (Å²) in [6.45, 7) is 2.59. The molecule has 148 valence electrons. The Kier molecular flexibility index (Phi) is 4.99. The van der Waals surface area contributed by atoms with Crippen molar-refractivity contribution in [2.45, 2.75) is 24.9 Å². The monoisotopic (exact) mass is 385 g/mol. The van der Waals surface area contributed by atoms with Crippen LogP contribution < -0.4 is 5.69 Å². The molecule has 2 aromatic rings. The van der Waals surface area contributed by atoms with Crippen LogP contribution in [0.15, 0.2) is 35.5 Å². The maximum absolute atomic E-state index is 12.6. The Morgan fingerprint density at radius 3 is 2.71 bits per heavy atom. The quantitative estimate of drug-likeness (QED) is 0.783. The van der Waals surface area contributed by atoms with E-state index in [-0.39, 0.29) is 17.5 Å². The first-order valence-corrected chi connectivity index (χ1v) is 9.42. The standard InChI is InChI=1S/C19H23N5O4/c25-16(10-14-2-1-5-20-11-14)23-6-3-19(4-7-23)13-24(8-9-28-19)17(26)15-12-21-18(27)22-15/h1-2,5,11-12H,3-4,6-10,13H2,(H2,21,22,27). The Balaban J connectivity index is 1.36. The van der Waals surface area contributed by atoms with Crippen LogP contribution in [-0.4, -0.2) is 75.0 Å². The lowest BCUT2D eigenvalue weighted by Gasteiger charge is -2.47. The van der Waals surface area contributed by atoms with Gasteiger partial charge in [0.05, 0.1) is 25.2 Å². The molecule has 0 aliphatic carbocycles. The molecule has 9 heteroatoms. The number of likely N-dealkylation sites (tertiary alicyclic amines) is 1. The number of aromatic nitrogens is 3. The molecular formula is C19H23N5O4. The molecule has 4 rings (SSSR count). The molecule has 9 nitrogen and oxygen atoms in total. The predicted octanol–water partition coefficient (Wildman–Crippen LogP) is 0.174. The van der Waals surface area contributed by atoms with Crippen LogP contribution in [0.1, 0.15) is 28.9 Å². The molecule has 0 radical (unpaired) electrons. The van der Waals surface area contributed by atoms with Gasteiger partial charge in [-0.3, -0.25) is 14.6 Å². The molecule has 28 heavy (non-hydrogen) atoms. The van der Waals surface area contributed by atoms with Gasteiger partial charge >= 0.3 is 5.69 Å². The zero-order chi connectivity index (χ0) is 19.6. The van der Waals surface area contributed by atoms with E-state index in [1.54, 1.807) is 17.3 Å². The summed E-state index contributed by atoms with van der Waals surface area (Å²) in [4.78, 5) is 49.0. The van der Waals surface area contributed by atoms with Crippen molar-refractivity contribution in [1.29, 1.82) is 0 Å². The van der Waals surface area contributed by atoms with Crippen molar-refractivity contribution >= 4 is 11.8 Å². The Hall–Kier alpha value is -2.94. The number of morpholine rings is 1. The van der Waals surface area contributed by atoms with Crippen LogP contribution in [0, 0.1) is 0 Å². The minimum atomic E-state index is -0.435. The van der Waals surface area contributed by atoms with E-state index in [4.69, 9.17) is 4.74 Å². The molecule has 2 aliphatic heterocycles. The van der Waals surface area contributed by atoms with E-state index >= 15 is 0 Å². The molecule has 0 saturated carbocycles. The van der Waals surface area contributed by atoms with Crippen molar-refractivity contribution in [3.8, 4) is 0 Å². The van der Waals surface area contributed by atoms with Crippen molar-refractivity contribution in [3.63, 3.8) is 0 Å². The van der Waals surface area contributed by atoms with Crippen LogP contribution >= 0.6 is 0 Å². The van der Waals surface area contributed by atoms with E-state index in [9.17, 15) is 14.4 Å². The Morgan fingerprint density at radius 1 is 1.21 bits per heavy atom. The van der Waals surface area contributed by atoms with Crippen molar-refractivity contribution in [2.24, 2.45) is 0 Å². The Labute approximate surface area is 161 Å². The average molecular weight is 385 g/mol. The van der Waals surface area contributed by atoms with Crippen molar-refractivity contribution in [3.05, 3.63) is 52.5 Å². The van der Waals surface area contributed by atoms with Gasteiger partial charge in [0.1, 0.15) is 5.69 Å². The van der Waals surface area contributed by atoms with E-state index in [2.05, 4.69) is 15.0 Å². The average Bonchev–Trinajstić information content (AvgIpc) is 3.15. The van der Waals surface area contributed by atoms with Crippen LogP contribution in [-0.2, 0) is 16.0 Å². The zero-order valence-corrected chi connectivity index (χ0v) is 15.5. The second-order valence-corrected chi connectivity index (χ2v) is 7.33. The predicted molar refractivity (Wildman–Crippen MR) is 99.8 cm³/mol. The molecule has 0 unspecified atom stereocenters. The van der Waals surface area contributed by atoms with Gasteiger partial charge in [0.2, 0.25) is 5.91 Å². The molecule has 2 saturated heterocycles. The fourth-order valence-electron chi connectivity index (χ4n) is 3.89. The van der Waals surface area contributed by atoms with Gasteiger partial charge in [0.25, 0.3) is 5.91 Å². The molecule has 0 bridgehead atoms. The summed E-state index contributed by atoms with van der Waals surface area (Å²) >= 11 is 0. The third kappa shape index (κ3) is 3.84. The summed E-state index contributed by atoms with van der Waals surface area (Å²) in [5, 5.41) is 0. The molecule has 2 amide bonds. The van der Waals surface area contributed by atoms with Crippen molar-refractivity contribution in [2.75, 3.05) is 32.8 Å². The summed E-state index contributed by atoms with van der Waals surface area (Å²) in [7, 11) is 0. The number of amides is 2. The highest BCUT2D eigenvalue weighted by molar-refractivity contribution is 5.92. The second kappa shape index (κ2) is 7.59. The first-order chi connectivity index (χ1) is 13.5. The van der Waals surface area contributed by atoms with Crippen molar-refractivity contribution in [1.82, 2.24) is 24.8 Å². The normalized spacial score (nSPS) is 19.0. The smallest absolute Gasteiger partial charge is 0.323 e. The molecule has 0 aromatic carbocycles. The number of hydrogen-bond donors (Lipinski definition) is 2. The van der Waals surface area contributed by atoms with Gasteiger partial charge in [-0.2, -0.15) is 0 Å². The number of piperidine rings is 1. The van der Waals surface area contributed by atoms with Crippen LogP contribution in [0.5, 0.6) is 0 Å². The van der Waals surface area contributed by atoms with Crippen LogP contribution in [0.2, 0.25) is 0 Å². The summed E-state index contributed by atoms with van der Waals surface area (Å²) < 4.78 is 6.05. The highest BCUT2D eigenvalue weighted by Gasteiger charge is 2.42. The van der Waals surface area contributed by atoms with Gasteiger partial charge < -0.3 is 24.5 Å². The number of rotatable bonds is 3. The third-order valence-corrected chi connectivity index (χ3v) is 5.47. The molecule has 2 aliphatic rings. The lowest BCUT2D eigenvalue weighted by atomic mass is 9.89. The van der Waals surface area contributed by atoms with E-state index in [1.165, 1.54) is 6.20 Å². The maximum Gasteiger partial charge on any atom is 0.323 e. The van der Waals surface area contributed by atoms with E-state index in [0.29, 0.717) is 52.0 Å². The summed E-state index contributed by atoms with van der Waals surface area (Å²) in [6, 6.07) is 3.72. The van der Waals surface area contributed by atoms with E-state index in [1.807, 2.05) is 17.0 Å². The number of nitrogens with zero attached hydrogens (tertiary/aromatic N) is 3. The molecule has 4 heterocycles. The number of aromatic amines is 2. The van der Waals surface area contributed by atoms with E-state index < -0.39 is 11.3 Å². The summed E-state index contributed by atoms with van der Waals surface area (Å²) in [6.07, 6.45) is 6.50. The number of nitrogens with one attached hydrogen (secondary N) is 2. The highest BCUT2D eigenvalue weighted by Crippen LogP contribution is 2.30. The lowest BCUT2D eigenvalue weighted by Crippen LogP contribution is -2.58. The highest BCUT2D eigenvalue weighted by atomic mass is 16.5. The SMILES string of the molecule is O=C(Cc1cccnc1)N1CCC2(CC1)CN(C(=O)c1c[nH]c(=O)[nH]1)CCO2. The number of pyridine rings is 1. The topological polar surface area (TPSA) is 111 Å². The number of H-pyrrole nitrogens is 2. The van der Waals surface area contributed by atoms with Gasteiger partial charge in [0, 0.05) is 38.2 Å². The largest absolute Gasteiger partial charge is 0.371 e. The molecule has 2 aromatic heterocycles. The zero-order valence-electron chi connectivity index (χ0n) is 15.5. The van der Waals surface area contributed by atoms with Gasteiger partial charge in [-0.15, -0.1) is 0 Å². The molecule has 2 fully saturated rings. The fraction of sp³-hybridized carbons (Fsp3) is 0.474.